The summed E-state index contributed by atoms with van der Waals surface area (Å²) in [5.74, 6) is 0. The molecule has 326 valence electrons. The maximum atomic E-state index is 9.87. The van der Waals surface area contributed by atoms with Crippen molar-refractivity contribution in [3.8, 4) is 0 Å². The molecule has 0 unspecified atom stereocenters. The zero-order valence-corrected chi connectivity index (χ0v) is 37.2. The van der Waals surface area contributed by atoms with Gasteiger partial charge in [0.1, 0.15) is 6.54 Å². The summed E-state index contributed by atoms with van der Waals surface area (Å²) in [4.78, 5) is 2.46. The monoisotopic (exact) mass is 915 g/mol. The number of para-hydroxylation sites is 2. The zero-order valence-electron chi connectivity index (χ0n) is 34.8. The van der Waals surface area contributed by atoms with Crippen molar-refractivity contribution in [2.45, 2.75) is 58.9 Å². The number of nitrogens with zero attached hydrogens (tertiary/aromatic N) is 3. The molecule has 7 aromatic rings. The molecular formula is C51H46Cl2F6N3P. The van der Waals surface area contributed by atoms with Crippen LogP contribution in [-0.4, -0.2) is 21.4 Å². The van der Waals surface area contributed by atoms with Gasteiger partial charge in [0.15, 0.2) is 0 Å². The van der Waals surface area contributed by atoms with Crippen molar-refractivity contribution in [3.05, 3.63) is 177 Å². The van der Waals surface area contributed by atoms with E-state index in [9.17, 15) is 25.2 Å². The predicted molar refractivity (Wildman–Crippen MR) is 254 cm³/mol. The number of aromatic nitrogens is 1. The molecule has 9 rings (SSSR count). The minimum atomic E-state index is -10.7. The third-order valence-electron chi connectivity index (χ3n) is 11.5. The summed E-state index contributed by atoms with van der Waals surface area (Å²) in [6.45, 7) is 6.45. The molecular weight excluding hydrogens is 870 g/mol. The van der Waals surface area contributed by atoms with Crippen molar-refractivity contribution < 1.29 is 29.8 Å². The molecule has 2 aliphatic rings. The predicted octanol–water partition coefficient (Wildman–Crippen LogP) is 17.3. The van der Waals surface area contributed by atoms with Crippen LogP contribution in [0, 0.1) is 0 Å². The van der Waals surface area contributed by atoms with Crippen LogP contribution in [0.3, 0.4) is 0 Å². The topological polar surface area (TPSA) is 11.2 Å². The molecule has 1 aliphatic heterocycles. The van der Waals surface area contributed by atoms with Gasteiger partial charge in [-0.2, -0.15) is 4.58 Å². The SMILES string of the molecule is CCCCn1/c(=C/C=C2\CCC(/C=C/C3=[N+](CCCC)c4ccc(Cl)c5cccc3c45)=C2N(c2ccccc2)c2ccccc2)c2cccc3c(Cl)ccc1c32.F[P-](F)(F)(F)(F)F. The van der Waals surface area contributed by atoms with Gasteiger partial charge in [-0.3, -0.25) is 0 Å². The van der Waals surface area contributed by atoms with Crippen LogP contribution in [0.4, 0.5) is 42.2 Å². The first-order valence-corrected chi connectivity index (χ1v) is 23.9. The van der Waals surface area contributed by atoms with E-state index in [1.54, 1.807) is 0 Å². The first kappa shape index (κ1) is 44.3. The van der Waals surface area contributed by atoms with E-state index in [1.165, 1.54) is 60.8 Å². The number of benzene rings is 6. The van der Waals surface area contributed by atoms with Crippen LogP contribution < -0.4 is 10.2 Å². The summed E-state index contributed by atoms with van der Waals surface area (Å²) in [7, 11) is -10.7. The van der Waals surface area contributed by atoms with Gasteiger partial charge in [0.05, 0.1) is 16.6 Å². The Morgan fingerprint density at radius 3 is 1.86 bits per heavy atom. The van der Waals surface area contributed by atoms with Crippen molar-refractivity contribution in [2.24, 2.45) is 0 Å². The second-order valence-corrected chi connectivity index (χ2v) is 18.6. The number of allylic oxidation sites excluding steroid dienone is 5. The Kier molecular flexibility index (Phi) is 11.9. The Bertz CT molecular complexity index is 3000. The van der Waals surface area contributed by atoms with Crippen LogP contribution in [0.1, 0.15) is 57.9 Å². The minimum absolute atomic E-state index is 0.801. The van der Waals surface area contributed by atoms with E-state index >= 15 is 0 Å². The number of anilines is 2. The Morgan fingerprint density at radius 1 is 0.635 bits per heavy atom. The zero-order chi connectivity index (χ0) is 44.6. The quantitative estimate of drug-likeness (QED) is 0.0675. The van der Waals surface area contributed by atoms with Gasteiger partial charge in [0, 0.05) is 78.9 Å². The van der Waals surface area contributed by atoms with Gasteiger partial charge < -0.3 is 9.47 Å². The van der Waals surface area contributed by atoms with Crippen molar-refractivity contribution >= 4 is 92.3 Å². The van der Waals surface area contributed by atoms with Crippen LogP contribution in [0.5, 0.6) is 0 Å². The molecule has 12 heteroatoms. The van der Waals surface area contributed by atoms with Crippen molar-refractivity contribution in [1.82, 2.24) is 4.57 Å². The van der Waals surface area contributed by atoms with E-state index in [0.29, 0.717) is 0 Å². The number of unbranched alkanes of at least 4 members (excludes halogenated alkanes) is 2. The van der Waals surface area contributed by atoms with Gasteiger partial charge in [0.25, 0.3) is 0 Å². The Balaban J connectivity index is 0.000000719. The Labute approximate surface area is 372 Å². The molecule has 3 nitrogen and oxygen atoms in total. The van der Waals surface area contributed by atoms with Gasteiger partial charge in [-0.15, -0.1) is 0 Å². The van der Waals surface area contributed by atoms with E-state index in [0.717, 1.165) is 83.8 Å². The molecule has 0 saturated heterocycles. The molecule has 1 aliphatic carbocycles. The summed E-state index contributed by atoms with van der Waals surface area (Å²) in [6.07, 6.45) is 15.9. The molecule has 0 saturated carbocycles. The van der Waals surface area contributed by atoms with Crippen LogP contribution >= 0.6 is 31.0 Å². The molecule has 0 atom stereocenters. The fourth-order valence-corrected chi connectivity index (χ4v) is 9.29. The van der Waals surface area contributed by atoms with Gasteiger partial charge in [0.2, 0.25) is 11.4 Å². The van der Waals surface area contributed by atoms with E-state index in [2.05, 4.69) is 174 Å². The van der Waals surface area contributed by atoms with Crippen LogP contribution in [0.2, 0.25) is 10.0 Å². The fourth-order valence-electron chi connectivity index (χ4n) is 8.85. The molecule has 0 N–H and O–H groups in total. The molecule has 63 heavy (non-hydrogen) atoms. The standard InChI is InChI=1S/C51H46Cl2N3.F6P/c1-3-5-33-54-45(41-21-13-19-39-43(52)27-31-47(54)49(39)41)29-25-35-23-24-36(51(35)56(37-15-9-7-10-16-37)38-17-11-8-12-18-38)26-30-46-42-22-14-20-40-44(53)28-32-48(50(40)42)55(46)34-6-4-2;1-7(2,3,4,5)6/h7-22,25-32H,3-6,23-24,33-34H2,1-2H3;/q+1;-1. The summed E-state index contributed by atoms with van der Waals surface area (Å²) in [6, 6.07) is 43.2. The molecule has 0 amide bonds. The fraction of sp³-hybridized carbons (Fsp3) is 0.196. The first-order chi connectivity index (χ1) is 30.0. The average molecular weight is 917 g/mol. The van der Waals surface area contributed by atoms with Crippen LogP contribution in [0.25, 0.3) is 38.5 Å². The van der Waals surface area contributed by atoms with Gasteiger partial charge >= 0.3 is 33.0 Å². The molecule has 6 aromatic carbocycles. The van der Waals surface area contributed by atoms with Crippen molar-refractivity contribution in [3.63, 3.8) is 0 Å². The maximum absolute atomic E-state index is 10.7. The molecule has 2 heterocycles. The number of aryl methyl sites for hydroxylation is 1. The van der Waals surface area contributed by atoms with E-state index in [1.807, 2.05) is 0 Å². The van der Waals surface area contributed by atoms with Crippen LogP contribution in [-0.2, 0) is 6.54 Å². The van der Waals surface area contributed by atoms with E-state index in [4.69, 9.17) is 23.2 Å². The summed E-state index contributed by atoms with van der Waals surface area (Å²) in [5, 5.41) is 8.82. The third-order valence-corrected chi connectivity index (χ3v) is 12.2. The summed E-state index contributed by atoms with van der Waals surface area (Å²) in [5.41, 5.74) is 11.1. The molecule has 0 spiro atoms. The van der Waals surface area contributed by atoms with Crippen molar-refractivity contribution in [2.75, 3.05) is 11.4 Å². The Hall–Kier alpha value is -5.34. The second kappa shape index (κ2) is 17.0. The third kappa shape index (κ3) is 9.77. The molecule has 0 bridgehead atoms. The first-order valence-electron chi connectivity index (χ1n) is 21.2. The number of hydrogen-bond acceptors (Lipinski definition) is 1. The summed E-state index contributed by atoms with van der Waals surface area (Å²) < 4.78 is 64.2. The van der Waals surface area contributed by atoms with E-state index < -0.39 is 7.81 Å². The summed E-state index contributed by atoms with van der Waals surface area (Å²) >= 11 is 13.6. The molecule has 0 radical (unpaired) electrons. The number of rotatable bonds is 12. The van der Waals surface area contributed by atoms with Gasteiger partial charge in [-0.05, 0) is 85.0 Å². The van der Waals surface area contributed by atoms with Gasteiger partial charge in [-0.25, -0.2) is 0 Å². The second-order valence-electron chi connectivity index (χ2n) is 15.9. The van der Waals surface area contributed by atoms with Crippen LogP contribution in [0.15, 0.2) is 156 Å². The average Bonchev–Trinajstić information content (AvgIpc) is 3.90. The molecule has 0 fully saturated rings. The Morgan fingerprint density at radius 2 is 1.22 bits per heavy atom. The van der Waals surface area contributed by atoms with E-state index in [-0.39, 0.29) is 0 Å². The number of hydrogen-bond donors (Lipinski definition) is 0. The molecule has 1 aromatic heterocycles. The number of halogens is 8. The normalized spacial score (nSPS) is 16.2. The van der Waals surface area contributed by atoms with Gasteiger partial charge in [-0.1, -0.05) is 129 Å². The van der Waals surface area contributed by atoms with Crippen molar-refractivity contribution in [1.29, 1.82) is 0 Å².